The summed E-state index contributed by atoms with van der Waals surface area (Å²) in [4.78, 5) is 13.5. The molecule has 2 N–H and O–H groups in total. The van der Waals surface area contributed by atoms with Crippen LogP contribution in [0.25, 0.3) is 0 Å². The fourth-order valence-corrected chi connectivity index (χ4v) is 1.87. The largest absolute Gasteiger partial charge is 0.350 e. The van der Waals surface area contributed by atoms with Crippen molar-refractivity contribution in [2.24, 2.45) is 0 Å². The van der Waals surface area contributed by atoms with E-state index >= 15 is 0 Å². The smallest absolute Gasteiger partial charge is 0.261 e. The average Bonchev–Trinajstić information content (AvgIpc) is 2.59. The zero-order chi connectivity index (χ0) is 10.4. The summed E-state index contributed by atoms with van der Waals surface area (Å²) in [6.07, 6.45) is 0. The molecule has 1 heterocycles. The van der Waals surface area contributed by atoms with Crippen LogP contribution in [0.5, 0.6) is 0 Å². The Bertz CT molecular complexity index is 296. The number of carbonyl (C=O) groups excluding carboxylic acids is 1. The summed E-state index contributed by atoms with van der Waals surface area (Å²) in [7, 11) is 0. The quantitative estimate of drug-likeness (QED) is 0.724. The molecule has 0 aromatic carbocycles. The Morgan fingerprint density at radius 3 is 2.79 bits per heavy atom. The Kier molecular flexibility index (Phi) is 4.62. The Hall–Kier alpha value is -0.870. The molecule has 0 atom stereocenters. The van der Waals surface area contributed by atoms with Crippen molar-refractivity contribution >= 4 is 17.2 Å². The maximum absolute atomic E-state index is 11.5. The summed E-state index contributed by atoms with van der Waals surface area (Å²) in [6.45, 7) is 6.49. The predicted molar refractivity (Wildman–Crippen MR) is 59.9 cm³/mol. The molecule has 3 nitrogen and oxygen atoms in total. The van der Waals surface area contributed by atoms with Crippen molar-refractivity contribution in [1.82, 2.24) is 10.6 Å². The molecule has 1 amide bonds. The van der Waals surface area contributed by atoms with Crippen LogP contribution in [0.1, 0.15) is 21.5 Å². The van der Waals surface area contributed by atoms with Crippen molar-refractivity contribution in [2.75, 3.05) is 19.6 Å². The minimum absolute atomic E-state index is 0.0287. The number of rotatable bonds is 5. The summed E-state index contributed by atoms with van der Waals surface area (Å²) < 4.78 is 0. The van der Waals surface area contributed by atoms with E-state index in [2.05, 4.69) is 10.6 Å². The van der Waals surface area contributed by atoms with E-state index in [0.717, 1.165) is 18.0 Å². The molecule has 0 aliphatic carbocycles. The lowest BCUT2D eigenvalue weighted by atomic mass is 10.4. The summed E-state index contributed by atoms with van der Waals surface area (Å²) >= 11 is 1.53. The van der Waals surface area contributed by atoms with Crippen LogP contribution in [-0.4, -0.2) is 25.5 Å². The minimum Gasteiger partial charge on any atom is -0.350 e. The topological polar surface area (TPSA) is 41.1 Å². The van der Waals surface area contributed by atoms with E-state index in [1.165, 1.54) is 16.2 Å². The van der Waals surface area contributed by atoms with E-state index in [-0.39, 0.29) is 5.91 Å². The second-order valence-corrected chi connectivity index (χ2v) is 4.31. The molecule has 1 rings (SSSR count). The zero-order valence-corrected chi connectivity index (χ0v) is 9.41. The second kappa shape index (κ2) is 5.78. The third kappa shape index (κ3) is 3.47. The fourth-order valence-electron chi connectivity index (χ4n) is 1.08. The monoisotopic (exact) mass is 212 g/mol. The Labute approximate surface area is 88.5 Å². The van der Waals surface area contributed by atoms with Crippen molar-refractivity contribution in [3.8, 4) is 0 Å². The first-order valence-electron chi connectivity index (χ1n) is 4.79. The van der Waals surface area contributed by atoms with Gasteiger partial charge in [-0.1, -0.05) is 6.92 Å². The predicted octanol–water partition coefficient (Wildman–Crippen LogP) is 1.40. The molecular formula is C10H16N2OS. The van der Waals surface area contributed by atoms with Crippen LogP contribution in [0.2, 0.25) is 0 Å². The third-order valence-electron chi connectivity index (χ3n) is 1.80. The summed E-state index contributed by atoms with van der Waals surface area (Å²) in [5.74, 6) is 0.0287. The SMILES string of the molecule is CCNCCNC(=O)c1ccc(C)s1. The van der Waals surface area contributed by atoms with E-state index in [4.69, 9.17) is 0 Å². The van der Waals surface area contributed by atoms with Crippen molar-refractivity contribution in [3.05, 3.63) is 21.9 Å². The van der Waals surface area contributed by atoms with Gasteiger partial charge in [0.25, 0.3) is 5.91 Å². The van der Waals surface area contributed by atoms with E-state index in [1.807, 2.05) is 26.0 Å². The highest BCUT2D eigenvalue weighted by Crippen LogP contribution is 2.14. The van der Waals surface area contributed by atoms with Gasteiger partial charge in [-0.05, 0) is 25.6 Å². The van der Waals surface area contributed by atoms with Gasteiger partial charge in [-0.15, -0.1) is 11.3 Å². The first kappa shape index (κ1) is 11.2. The molecule has 0 aliphatic heterocycles. The molecular weight excluding hydrogens is 196 g/mol. The highest BCUT2D eigenvalue weighted by atomic mass is 32.1. The Morgan fingerprint density at radius 2 is 2.21 bits per heavy atom. The lowest BCUT2D eigenvalue weighted by molar-refractivity contribution is 0.0958. The van der Waals surface area contributed by atoms with Crippen molar-refractivity contribution in [3.63, 3.8) is 0 Å². The number of amides is 1. The molecule has 0 aliphatic rings. The van der Waals surface area contributed by atoms with Crippen molar-refractivity contribution in [2.45, 2.75) is 13.8 Å². The summed E-state index contributed by atoms with van der Waals surface area (Å²) in [5, 5.41) is 6.01. The third-order valence-corrected chi connectivity index (χ3v) is 2.80. The first-order valence-corrected chi connectivity index (χ1v) is 5.61. The van der Waals surface area contributed by atoms with Gasteiger partial charge in [0.2, 0.25) is 0 Å². The van der Waals surface area contributed by atoms with Crippen LogP contribution in [0.15, 0.2) is 12.1 Å². The lowest BCUT2D eigenvalue weighted by Gasteiger charge is -2.03. The summed E-state index contributed by atoms with van der Waals surface area (Å²) in [5.41, 5.74) is 0. The molecule has 78 valence electrons. The van der Waals surface area contributed by atoms with Crippen molar-refractivity contribution < 1.29 is 4.79 Å². The molecule has 0 saturated carbocycles. The molecule has 14 heavy (non-hydrogen) atoms. The maximum Gasteiger partial charge on any atom is 0.261 e. The molecule has 1 aromatic heterocycles. The van der Waals surface area contributed by atoms with Gasteiger partial charge in [0.05, 0.1) is 4.88 Å². The number of hydrogen-bond donors (Lipinski definition) is 2. The number of thiophene rings is 1. The fraction of sp³-hybridized carbons (Fsp3) is 0.500. The van der Waals surface area contributed by atoms with Gasteiger partial charge < -0.3 is 10.6 Å². The Morgan fingerprint density at radius 1 is 1.43 bits per heavy atom. The zero-order valence-electron chi connectivity index (χ0n) is 8.59. The minimum atomic E-state index is 0.0287. The molecule has 0 bridgehead atoms. The van der Waals surface area contributed by atoms with Gasteiger partial charge in [-0.3, -0.25) is 4.79 Å². The molecule has 0 saturated heterocycles. The number of likely N-dealkylation sites (N-methyl/N-ethyl adjacent to an activating group) is 1. The second-order valence-electron chi connectivity index (χ2n) is 3.02. The van der Waals surface area contributed by atoms with Crippen LogP contribution >= 0.6 is 11.3 Å². The average molecular weight is 212 g/mol. The molecule has 0 spiro atoms. The van der Waals surface area contributed by atoms with Crippen LogP contribution in [0.4, 0.5) is 0 Å². The van der Waals surface area contributed by atoms with Crippen molar-refractivity contribution in [1.29, 1.82) is 0 Å². The molecule has 0 radical (unpaired) electrons. The van der Waals surface area contributed by atoms with E-state index in [1.54, 1.807) is 0 Å². The lowest BCUT2D eigenvalue weighted by Crippen LogP contribution is -2.31. The van der Waals surface area contributed by atoms with Gasteiger partial charge in [0, 0.05) is 18.0 Å². The van der Waals surface area contributed by atoms with Gasteiger partial charge >= 0.3 is 0 Å². The molecule has 0 fully saturated rings. The van der Waals surface area contributed by atoms with Crippen LogP contribution in [0.3, 0.4) is 0 Å². The molecule has 4 heteroatoms. The van der Waals surface area contributed by atoms with Gasteiger partial charge in [-0.25, -0.2) is 0 Å². The number of aryl methyl sites for hydroxylation is 1. The van der Waals surface area contributed by atoms with E-state index in [9.17, 15) is 4.79 Å². The van der Waals surface area contributed by atoms with Gasteiger partial charge in [0.1, 0.15) is 0 Å². The first-order chi connectivity index (χ1) is 6.74. The summed E-state index contributed by atoms with van der Waals surface area (Å²) in [6, 6.07) is 3.83. The highest BCUT2D eigenvalue weighted by molar-refractivity contribution is 7.13. The van der Waals surface area contributed by atoms with Crippen LogP contribution in [0, 0.1) is 6.92 Å². The standard InChI is InChI=1S/C10H16N2OS/c1-3-11-6-7-12-10(13)9-5-4-8(2)14-9/h4-5,11H,3,6-7H2,1-2H3,(H,12,13). The molecule has 0 unspecified atom stereocenters. The highest BCUT2D eigenvalue weighted by Gasteiger charge is 2.05. The number of nitrogens with one attached hydrogen (secondary N) is 2. The normalized spacial score (nSPS) is 10.1. The Balaban J connectivity index is 2.29. The van der Waals surface area contributed by atoms with Crippen LogP contribution < -0.4 is 10.6 Å². The van der Waals surface area contributed by atoms with Gasteiger partial charge in [-0.2, -0.15) is 0 Å². The van der Waals surface area contributed by atoms with Crippen LogP contribution in [-0.2, 0) is 0 Å². The van der Waals surface area contributed by atoms with E-state index in [0.29, 0.717) is 6.54 Å². The number of carbonyl (C=O) groups is 1. The maximum atomic E-state index is 11.5. The van der Waals surface area contributed by atoms with Gasteiger partial charge in [0.15, 0.2) is 0 Å². The molecule has 1 aromatic rings. The van der Waals surface area contributed by atoms with E-state index < -0.39 is 0 Å². The number of hydrogen-bond acceptors (Lipinski definition) is 3.